The molecule has 0 aromatic carbocycles. The minimum absolute atomic E-state index is 0.551. The summed E-state index contributed by atoms with van der Waals surface area (Å²) in [5.41, 5.74) is 1.75. The Morgan fingerprint density at radius 2 is 1.95 bits per heavy atom. The Hall–Kier alpha value is -2.17. The van der Waals surface area contributed by atoms with Gasteiger partial charge in [0.05, 0.1) is 24.7 Å². The number of aromatic nitrogens is 3. The zero-order valence-corrected chi connectivity index (χ0v) is 12.3. The number of ether oxygens (including phenoxy) is 1. The molecule has 2 aromatic heterocycles. The Morgan fingerprint density at radius 1 is 1.10 bits per heavy atom. The molecule has 0 saturated carbocycles. The van der Waals surface area contributed by atoms with E-state index < -0.39 is 0 Å². The van der Waals surface area contributed by atoms with Crippen LogP contribution in [0.3, 0.4) is 0 Å². The molecule has 0 aliphatic carbocycles. The standard InChI is InChI=1S/C16H20N4O/c1-2-21-16-12-17-11-14(19-16)13-6-7-15(18-10-13)20-8-4-3-5-9-20/h6-7,10-12H,2-5,8-9H2,1H3. The summed E-state index contributed by atoms with van der Waals surface area (Å²) >= 11 is 0. The topological polar surface area (TPSA) is 51.1 Å². The van der Waals surface area contributed by atoms with E-state index in [4.69, 9.17) is 4.74 Å². The van der Waals surface area contributed by atoms with Crippen LogP contribution in [0.5, 0.6) is 5.88 Å². The highest BCUT2D eigenvalue weighted by molar-refractivity contribution is 5.59. The van der Waals surface area contributed by atoms with Gasteiger partial charge in [-0.05, 0) is 38.3 Å². The van der Waals surface area contributed by atoms with Crippen LogP contribution >= 0.6 is 0 Å². The zero-order chi connectivity index (χ0) is 14.5. The van der Waals surface area contributed by atoms with E-state index >= 15 is 0 Å². The molecular weight excluding hydrogens is 264 g/mol. The van der Waals surface area contributed by atoms with Crippen LogP contribution in [0.1, 0.15) is 26.2 Å². The summed E-state index contributed by atoms with van der Waals surface area (Å²) in [7, 11) is 0. The van der Waals surface area contributed by atoms with Gasteiger partial charge in [-0.1, -0.05) is 0 Å². The van der Waals surface area contributed by atoms with Gasteiger partial charge in [-0.15, -0.1) is 0 Å². The third-order valence-corrected chi connectivity index (χ3v) is 3.63. The molecule has 3 heterocycles. The van der Waals surface area contributed by atoms with Crippen LogP contribution in [0.25, 0.3) is 11.3 Å². The molecule has 5 nitrogen and oxygen atoms in total. The predicted molar refractivity (Wildman–Crippen MR) is 82.5 cm³/mol. The molecule has 5 heteroatoms. The lowest BCUT2D eigenvalue weighted by Gasteiger charge is -2.27. The molecule has 110 valence electrons. The van der Waals surface area contributed by atoms with Crippen molar-refractivity contribution in [1.82, 2.24) is 15.0 Å². The summed E-state index contributed by atoms with van der Waals surface area (Å²) in [5, 5.41) is 0. The van der Waals surface area contributed by atoms with Crippen LogP contribution in [0.2, 0.25) is 0 Å². The predicted octanol–water partition coefficient (Wildman–Crippen LogP) is 2.93. The van der Waals surface area contributed by atoms with Crippen molar-refractivity contribution in [3.63, 3.8) is 0 Å². The van der Waals surface area contributed by atoms with E-state index in [1.807, 2.05) is 13.1 Å². The fraction of sp³-hybridized carbons (Fsp3) is 0.438. The van der Waals surface area contributed by atoms with E-state index in [0.717, 1.165) is 30.2 Å². The molecule has 1 aliphatic heterocycles. The molecule has 0 atom stereocenters. The molecule has 0 amide bonds. The fourth-order valence-electron chi connectivity index (χ4n) is 2.55. The number of piperidine rings is 1. The van der Waals surface area contributed by atoms with Gasteiger partial charge in [-0.2, -0.15) is 0 Å². The molecule has 21 heavy (non-hydrogen) atoms. The van der Waals surface area contributed by atoms with Crippen LogP contribution in [-0.2, 0) is 0 Å². The number of hydrogen-bond donors (Lipinski definition) is 0. The molecule has 2 aromatic rings. The Kier molecular flexibility index (Phi) is 4.28. The molecule has 0 spiro atoms. The number of anilines is 1. The molecule has 1 saturated heterocycles. The van der Waals surface area contributed by atoms with Crippen molar-refractivity contribution in [2.75, 3.05) is 24.6 Å². The second kappa shape index (κ2) is 6.52. The average Bonchev–Trinajstić information content (AvgIpc) is 2.56. The van der Waals surface area contributed by atoms with Crippen LogP contribution in [0.4, 0.5) is 5.82 Å². The summed E-state index contributed by atoms with van der Waals surface area (Å²) < 4.78 is 5.38. The minimum atomic E-state index is 0.551. The first kappa shape index (κ1) is 13.8. The molecule has 0 radical (unpaired) electrons. The van der Waals surface area contributed by atoms with Gasteiger partial charge in [-0.25, -0.2) is 9.97 Å². The maximum atomic E-state index is 5.38. The van der Waals surface area contributed by atoms with Crippen molar-refractivity contribution in [3.8, 4) is 17.1 Å². The van der Waals surface area contributed by atoms with E-state index in [2.05, 4.69) is 32.0 Å². The van der Waals surface area contributed by atoms with Crippen molar-refractivity contribution in [2.45, 2.75) is 26.2 Å². The monoisotopic (exact) mass is 284 g/mol. The van der Waals surface area contributed by atoms with Crippen molar-refractivity contribution >= 4 is 5.82 Å². The summed E-state index contributed by atoms with van der Waals surface area (Å²) in [6.45, 7) is 4.73. The number of nitrogens with zero attached hydrogens (tertiary/aromatic N) is 4. The number of pyridine rings is 1. The SMILES string of the molecule is CCOc1cncc(-c2ccc(N3CCCCC3)nc2)n1. The van der Waals surface area contributed by atoms with Crippen molar-refractivity contribution in [3.05, 3.63) is 30.7 Å². The Labute approximate surface area is 125 Å². The first-order chi connectivity index (χ1) is 10.4. The van der Waals surface area contributed by atoms with E-state index in [9.17, 15) is 0 Å². The molecule has 1 fully saturated rings. The largest absolute Gasteiger partial charge is 0.477 e. The third-order valence-electron chi connectivity index (χ3n) is 3.63. The Balaban J connectivity index is 1.78. The minimum Gasteiger partial charge on any atom is -0.477 e. The lowest BCUT2D eigenvalue weighted by atomic mass is 10.1. The van der Waals surface area contributed by atoms with Crippen LogP contribution < -0.4 is 9.64 Å². The summed E-state index contributed by atoms with van der Waals surface area (Å²) in [6.07, 6.45) is 9.07. The quantitative estimate of drug-likeness (QED) is 0.864. The van der Waals surface area contributed by atoms with Crippen molar-refractivity contribution in [2.24, 2.45) is 0 Å². The van der Waals surface area contributed by atoms with E-state index in [1.165, 1.54) is 19.3 Å². The van der Waals surface area contributed by atoms with Crippen LogP contribution in [0, 0.1) is 0 Å². The third kappa shape index (κ3) is 3.29. The average molecular weight is 284 g/mol. The fourth-order valence-corrected chi connectivity index (χ4v) is 2.55. The van der Waals surface area contributed by atoms with Crippen molar-refractivity contribution < 1.29 is 4.74 Å². The molecule has 1 aliphatic rings. The van der Waals surface area contributed by atoms with E-state index in [-0.39, 0.29) is 0 Å². The smallest absolute Gasteiger partial charge is 0.232 e. The van der Waals surface area contributed by atoms with Crippen molar-refractivity contribution in [1.29, 1.82) is 0 Å². The van der Waals surface area contributed by atoms with Gasteiger partial charge in [0.15, 0.2) is 0 Å². The van der Waals surface area contributed by atoms with Gasteiger partial charge < -0.3 is 9.64 Å². The maximum absolute atomic E-state index is 5.38. The Bertz CT molecular complexity index is 579. The van der Waals surface area contributed by atoms with Crippen LogP contribution in [-0.4, -0.2) is 34.6 Å². The highest BCUT2D eigenvalue weighted by Crippen LogP contribution is 2.22. The number of rotatable bonds is 4. The second-order valence-electron chi connectivity index (χ2n) is 5.13. The highest BCUT2D eigenvalue weighted by atomic mass is 16.5. The number of hydrogen-bond acceptors (Lipinski definition) is 5. The maximum Gasteiger partial charge on any atom is 0.232 e. The normalized spacial score (nSPS) is 15.0. The Morgan fingerprint density at radius 3 is 2.67 bits per heavy atom. The summed E-state index contributed by atoms with van der Waals surface area (Å²) in [5.74, 6) is 1.60. The lowest BCUT2D eigenvalue weighted by Crippen LogP contribution is -2.29. The first-order valence-corrected chi connectivity index (χ1v) is 7.53. The van der Waals surface area contributed by atoms with E-state index in [0.29, 0.717) is 12.5 Å². The first-order valence-electron chi connectivity index (χ1n) is 7.53. The van der Waals surface area contributed by atoms with Gasteiger partial charge in [0.2, 0.25) is 5.88 Å². The molecule has 0 unspecified atom stereocenters. The molecule has 0 bridgehead atoms. The summed E-state index contributed by atoms with van der Waals surface area (Å²) in [4.78, 5) is 15.5. The van der Waals surface area contributed by atoms with Gasteiger partial charge >= 0.3 is 0 Å². The molecule has 3 rings (SSSR count). The van der Waals surface area contributed by atoms with Gasteiger partial charge in [-0.3, -0.25) is 4.98 Å². The summed E-state index contributed by atoms with van der Waals surface area (Å²) in [6, 6.07) is 4.12. The highest BCUT2D eigenvalue weighted by Gasteiger charge is 2.12. The van der Waals surface area contributed by atoms with Gasteiger partial charge in [0.1, 0.15) is 5.82 Å². The zero-order valence-electron chi connectivity index (χ0n) is 12.3. The molecular formula is C16H20N4O. The lowest BCUT2D eigenvalue weighted by molar-refractivity contribution is 0.325. The second-order valence-corrected chi connectivity index (χ2v) is 5.13. The molecule has 0 N–H and O–H groups in total. The van der Waals surface area contributed by atoms with Gasteiger partial charge in [0.25, 0.3) is 0 Å². The van der Waals surface area contributed by atoms with E-state index in [1.54, 1.807) is 12.4 Å². The van der Waals surface area contributed by atoms with Crippen LogP contribution in [0.15, 0.2) is 30.7 Å². The van der Waals surface area contributed by atoms with Gasteiger partial charge in [0, 0.05) is 24.8 Å².